The molecule has 0 aliphatic rings. The Kier molecular flexibility index (Phi) is 6.53. The topological polar surface area (TPSA) is 126 Å². The van der Waals surface area contributed by atoms with Crippen molar-refractivity contribution in [1.29, 1.82) is 0 Å². The normalized spacial score (nSPS) is 12.3. The quantitative estimate of drug-likeness (QED) is 0.347. The molecular formula is C26H28N8O3. The van der Waals surface area contributed by atoms with Crippen LogP contribution in [0.4, 0.5) is 0 Å². The zero-order valence-electron chi connectivity index (χ0n) is 21.2. The van der Waals surface area contributed by atoms with Gasteiger partial charge in [-0.05, 0) is 40.5 Å². The maximum absolute atomic E-state index is 13.5. The number of tetrazole rings is 1. The molecule has 0 aliphatic carbocycles. The zero-order chi connectivity index (χ0) is 26.1. The molecule has 5 aromatic rings. The summed E-state index contributed by atoms with van der Waals surface area (Å²) in [5.74, 6) is 1.36. The van der Waals surface area contributed by atoms with E-state index in [0.717, 1.165) is 39.1 Å². The molecule has 0 aliphatic heterocycles. The van der Waals surface area contributed by atoms with Crippen LogP contribution in [0, 0.1) is 0 Å². The number of ether oxygens (including phenoxy) is 1. The summed E-state index contributed by atoms with van der Waals surface area (Å²) >= 11 is 0. The van der Waals surface area contributed by atoms with Gasteiger partial charge in [0.2, 0.25) is 0 Å². The number of aromatic amines is 1. The fourth-order valence-corrected chi connectivity index (χ4v) is 4.58. The summed E-state index contributed by atoms with van der Waals surface area (Å²) in [6.07, 6.45) is 0.831. The molecule has 3 aromatic heterocycles. The van der Waals surface area contributed by atoms with Crippen molar-refractivity contribution in [3.63, 3.8) is 0 Å². The second-order valence-corrected chi connectivity index (χ2v) is 8.88. The van der Waals surface area contributed by atoms with Gasteiger partial charge in [0.15, 0.2) is 17.0 Å². The Labute approximate surface area is 212 Å². The van der Waals surface area contributed by atoms with Crippen LogP contribution in [0.3, 0.4) is 0 Å². The number of imidazole rings is 1. The summed E-state index contributed by atoms with van der Waals surface area (Å²) in [6, 6.07) is 16.1. The van der Waals surface area contributed by atoms with Gasteiger partial charge in [-0.25, -0.2) is 19.4 Å². The SMILES string of the molecule is CCCc1nc2c(c(=O)n(C(C)OC)c(=O)n2C)n1Cc1ccc(-c2ccccc2-c2nnn[nH]2)cc1. The van der Waals surface area contributed by atoms with Crippen LogP contribution in [0.25, 0.3) is 33.7 Å². The maximum atomic E-state index is 13.5. The highest BCUT2D eigenvalue weighted by molar-refractivity contribution is 5.80. The lowest BCUT2D eigenvalue weighted by atomic mass is 9.98. The van der Waals surface area contributed by atoms with Gasteiger partial charge in [0.1, 0.15) is 12.1 Å². The van der Waals surface area contributed by atoms with E-state index in [1.165, 1.54) is 11.7 Å². The fraction of sp³-hybridized carbons (Fsp3) is 0.308. The second-order valence-electron chi connectivity index (χ2n) is 8.88. The van der Waals surface area contributed by atoms with E-state index >= 15 is 0 Å². The first-order valence-electron chi connectivity index (χ1n) is 12.1. The third-order valence-electron chi connectivity index (χ3n) is 6.57. The largest absolute Gasteiger partial charge is 0.361 e. The van der Waals surface area contributed by atoms with Gasteiger partial charge in [0.25, 0.3) is 5.56 Å². The molecule has 0 saturated heterocycles. The van der Waals surface area contributed by atoms with Crippen LogP contribution >= 0.6 is 0 Å². The Morgan fingerprint density at radius 3 is 2.43 bits per heavy atom. The lowest BCUT2D eigenvalue weighted by molar-refractivity contribution is 0.0533. The van der Waals surface area contributed by atoms with E-state index in [1.54, 1.807) is 14.0 Å². The van der Waals surface area contributed by atoms with E-state index in [4.69, 9.17) is 9.72 Å². The van der Waals surface area contributed by atoms with E-state index in [1.807, 2.05) is 53.1 Å². The first-order valence-corrected chi connectivity index (χ1v) is 12.1. The summed E-state index contributed by atoms with van der Waals surface area (Å²) in [6.45, 7) is 4.17. The molecule has 1 N–H and O–H groups in total. The van der Waals surface area contributed by atoms with E-state index < -0.39 is 17.5 Å². The van der Waals surface area contributed by atoms with Gasteiger partial charge in [0.05, 0.1) is 0 Å². The van der Waals surface area contributed by atoms with Crippen molar-refractivity contribution in [3.05, 3.63) is 80.8 Å². The first-order chi connectivity index (χ1) is 17.9. The van der Waals surface area contributed by atoms with Gasteiger partial charge < -0.3 is 9.30 Å². The second kappa shape index (κ2) is 9.94. The number of aryl methyl sites for hydroxylation is 2. The molecule has 0 fully saturated rings. The van der Waals surface area contributed by atoms with E-state index in [9.17, 15) is 9.59 Å². The molecule has 0 amide bonds. The maximum Gasteiger partial charge on any atom is 0.334 e. The Hall–Kier alpha value is -4.38. The monoisotopic (exact) mass is 500 g/mol. The number of rotatable bonds is 8. The Morgan fingerprint density at radius 1 is 1.05 bits per heavy atom. The standard InChI is InChI=1S/C26H28N8O3/c1-5-8-21-27-24-22(25(35)34(16(2)37-4)26(36)32(24)3)33(21)15-17-11-13-18(14-12-17)19-9-6-7-10-20(19)23-28-30-31-29-23/h6-7,9-14,16H,5,8,15H2,1-4H3,(H,28,29,30,31). The van der Waals surface area contributed by atoms with E-state index in [0.29, 0.717) is 30.0 Å². The molecule has 11 nitrogen and oxygen atoms in total. The first kappa shape index (κ1) is 24.3. The highest BCUT2D eigenvalue weighted by Gasteiger charge is 2.22. The molecular weight excluding hydrogens is 472 g/mol. The average Bonchev–Trinajstić information content (AvgIpc) is 3.57. The molecule has 3 heterocycles. The number of hydrogen-bond acceptors (Lipinski definition) is 7. The van der Waals surface area contributed by atoms with E-state index in [2.05, 4.69) is 27.5 Å². The molecule has 1 unspecified atom stereocenters. The number of benzene rings is 2. The number of nitrogens with zero attached hydrogens (tertiary/aromatic N) is 7. The minimum atomic E-state index is -0.701. The zero-order valence-corrected chi connectivity index (χ0v) is 21.2. The van der Waals surface area contributed by atoms with E-state index in [-0.39, 0.29) is 0 Å². The summed E-state index contributed by atoms with van der Waals surface area (Å²) in [5.41, 5.74) is 3.82. The number of nitrogens with one attached hydrogen (secondary N) is 1. The van der Waals surface area contributed by atoms with Crippen LogP contribution < -0.4 is 11.2 Å². The van der Waals surface area contributed by atoms with Crippen molar-refractivity contribution in [2.75, 3.05) is 7.11 Å². The summed E-state index contributed by atoms with van der Waals surface area (Å²) < 4.78 is 9.78. The number of aromatic nitrogens is 8. The molecule has 0 radical (unpaired) electrons. The Morgan fingerprint density at radius 2 is 1.78 bits per heavy atom. The minimum Gasteiger partial charge on any atom is -0.361 e. The van der Waals surface area contributed by atoms with Crippen molar-refractivity contribution in [1.82, 2.24) is 39.3 Å². The lowest BCUT2D eigenvalue weighted by Gasteiger charge is -2.15. The van der Waals surface area contributed by atoms with Gasteiger partial charge in [-0.2, -0.15) is 0 Å². The molecule has 1 atom stereocenters. The summed E-state index contributed by atoms with van der Waals surface area (Å²) in [5, 5.41) is 14.3. The van der Waals surface area contributed by atoms with Crippen LogP contribution in [-0.2, 0) is 24.8 Å². The fourth-order valence-electron chi connectivity index (χ4n) is 4.58. The van der Waals surface area contributed by atoms with Gasteiger partial charge in [-0.1, -0.05) is 55.5 Å². The van der Waals surface area contributed by atoms with Crippen molar-refractivity contribution >= 4 is 11.2 Å². The van der Waals surface area contributed by atoms with Crippen molar-refractivity contribution in [2.45, 2.75) is 39.5 Å². The third-order valence-corrected chi connectivity index (χ3v) is 6.57. The summed E-state index contributed by atoms with van der Waals surface area (Å²) in [7, 11) is 3.10. The predicted octanol–water partition coefficient (Wildman–Crippen LogP) is 2.91. The third kappa shape index (κ3) is 4.27. The van der Waals surface area contributed by atoms with Gasteiger partial charge >= 0.3 is 5.69 Å². The number of methoxy groups -OCH3 is 1. The Bertz CT molecular complexity index is 1660. The summed E-state index contributed by atoms with van der Waals surface area (Å²) in [4.78, 5) is 31.1. The van der Waals surface area contributed by atoms with Crippen molar-refractivity contribution in [3.8, 4) is 22.5 Å². The predicted molar refractivity (Wildman–Crippen MR) is 139 cm³/mol. The highest BCUT2D eigenvalue weighted by Crippen LogP contribution is 2.30. The average molecular weight is 501 g/mol. The van der Waals surface area contributed by atoms with Crippen LogP contribution in [0.2, 0.25) is 0 Å². The van der Waals surface area contributed by atoms with Crippen LogP contribution in [0.1, 0.15) is 37.9 Å². The molecule has 37 heavy (non-hydrogen) atoms. The molecule has 2 aromatic carbocycles. The molecule has 190 valence electrons. The smallest absolute Gasteiger partial charge is 0.334 e. The van der Waals surface area contributed by atoms with Gasteiger partial charge in [-0.15, -0.1) is 5.10 Å². The molecule has 0 saturated carbocycles. The Balaban J connectivity index is 1.58. The number of fused-ring (bicyclic) bond motifs is 1. The lowest BCUT2D eigenvalue weighted by Crippen LogP contribution is -2.41. The number of hydrogen-bond donors (Lipinski definition) is 1. The molecule has 0 bridgehead atoms. The van der Waals surface area contributed by atoms with Crippen molar-refractivity contribution in [2.24, 2.45) is 7.05 Å². The van der Waals surface area contributed by atoms with Crippen LogP contribution in [-0.4, -0.2) is 46.4 Å². The van der Waals surface area contributed by atoms with Gasteiger partial charge in [0, 0.05) is 32.7 Å². The van der Waals surface area contributed by atoms with Crippen molar-refractivity contribution < 1.29 is 4.74 Å². The molecule has 11 heteroatoms. The minimum absolute atomic E-state index is 0.379. The molecule has 0 spiro atoms. The van der Waals surface area contributed by atoms with Crippen LogP contribution in [0.5, 0.6) is 0 Å². The highest BCUT2D eigenvalue weighted by atomic mass is 16.5. The van der Waals surface area contributed by atoms with Gasteiger partial charge in [-0.3, -0.25) is 9.36 Å². The molecule has 5 rings (SSSR count). The number of H-pyrrole nitrogens is 1. The van der Waals surface area contributed by atoms with Crippen LogP contribution in [0.15, 0.2) is 58.1 Å².